The zero-order chi connectivity index (χ0) is 19.2. The van der Waals surface area contributed by atoms with Gasteiger partial charge in [0.15, 0.2) is 0 Å². The molecule has 0 radical (unpaired) electrons. The molecular weight excluding hydrogens is 360 g/mol. The van der Waals surface area contributed by atoms with Gasteiger partial charge < -0.3 is 10.6 Å². The first-order valence-electron chi connectivity index (χ1n) is 8.56. The minimum atomic E-state index is -0.403. The van der Waals surface area contributed by atoms with Crippen LogP contribution in [0, 0.1) is 0 Å². The lowest BCUT2D eigenvalue weighted by Crippen LogP contribution is -2.23. The number of hydrogen-bond donors (Lipinski definition) is 2. The van der Waals surface area contributed by atoms with Crippen LogP contribution < -0.4 is 10.6 Å². The lowest BCUT2D eigenvalue weighted by molar-refractivity contribution is 0.0955. The number of carbonyl (C=O) groups excluding carboxylic acids is 2. The molecule has 0 fully saturated rings. The zero-order valence-electron chi connectivity index (χ0n) is 15.1. The maximum Gasteiger partial charge on any atom is 0.275 e. The van der Waals surface area contributed by atoms with Crippen LogP contribution in [0.4, 0.5) is 5.69 Å². The van der Waals surface area contributed by atoms with Gasteiger partial charge in [0, 0.05) is 18.9 Å². The second-order valence-corrected chi connectivity index (χ2v) is 7.20. The van der Waals surface area contributed by atoms with Gasteiger partial charge in [-0.25, -0.2) is 4.98 Å². The molecule has 0 atom stereocenters. The molecule has 2 N–H and O–H groups in total. The Morgan fingerprint density at radius 1 is 1.07 bits per heavy atom. The van der Waals surface area contributed by atoms with Crippen molar-refractivity contribution in [3.8, 4) is 0 Å². The van der Waals surface area contributed by atoms with Crippen LogP contribution in [0.15, 0.2) is 54.3 Å². The summed E-state index contributed by atoms with van der Waals surface area (Å²) in [6, 6.07) is 9.88. The first-order valence-corrected chi connectivity index (χ1v) is 9.44. The largest absolute Gasteiger partial charge is 0.347 e. The Morgan fingerprint density at radius 3 is 2.52 bits per heavy atom. The van der Waals surface area contributed by atoms with Crippen LogP contribution in [0.2, 0.25) is 0 Å². The van der Waals surface area contributed by atoms with E-state index in [4.69, 9.17) is 0 Å². The zero-order valence-corrected chi connectivity index (χ0v) is 15.9. The van der Waals surface area contributed by atoms with Gasteiger partial charge in [0.25, 0.3) is 11.8 Å². The maximum atomic E-state index is 12.5. The third-order valence-corrected chi connectivity index (χ3v) is 4.93. The van der Waals surface area contributed by atoms with E-state index in [2.05, 4.69) is 46.6 Å². The first-order chi connectivity index (χ1) is 13.0. The number of carbonyl (C=O) groups is 2. The molecule has 0 aliphatic heterocycles. The highest BCUT2D eigenvalue weighted by molar-refractivity contribution is 7.12. The van der Waals surface area contributed by atoms with Gasteiger partial charge >= 0.3 is 0 Å². The SMILES string of the molecule is CC(C)c1ccc(CNC(=O)c2sccc2NC(=O)c2cnccn2)cc1. The predicted molar refractivity (Wildman–Crippen MR) is 106 cm³/mol. The van der Waals surface area contributed by atoms with Crippen LogP contribution in [0.5, 0.6) is 0 Å². The first kappa shape index (κ1) is 18.7. The molecule has 0 bridgehead atoms. The van der Waals surface area contributed by atoms with Gasteiger partial charge in [-0.2, -0.15) is 0 Å². The van der Waals surface area contributed by atoms with Gasteiger partial charge in [-0.15, -0.1) is 11.3 Å². The monoisotopic (exact) mass is 380 g/mol. The third kappa shape index (κ3) is 4.77. The number of anilines is 1. The smallest absolute Gasteiger partial charge is 0.275 e. The highest BCUT2D eigenvalue weighted by Crippen LogP contribution is 2.23. The molecule has 0 aliphatic rings. The Labute approximate surface area is 161 Å². The minimum Gasteiger partial charge on any atom is -0.347 e. The summed E-state index contributed by atoms with van der Waals surface area (Å²) in [6.45, 7) is 4.71. The van der Waals surface area contributed by atoms with Crippen molar-refractivity contribution >= 4 is 28.8 Å². The van der Waals surface area contributed by atoms with E-state index >= 15 is 0 Å². The number of rotatable bonds is 6. The van der Waals surface area contributed by atoms with E-state index < -0.39 is 5.91 Å². The summed E-state index contributed by atoms with van der Waals surface area (Å²) >= 11 is 1.27. The molecule has 6 nitrogen and oxygen atoms in total. The van der Waals surface area contributed by atoms with E-state index in [1.54, 1.807) is 11.4 Å². The summed E-state index contributed by atoms with van der Waals surface area (Å²) in [7, 11) is 0. The number of benzene rings is 1. The highest BCUT2D eigenvalue weighted by atomic mass is 32.1. The van der Waals surface area contributed by atoms with Crippen LogP contribution in [0.1, 0.15) is 51.1 Å². The average molecular weight is 380 g/mol. The van der Waals surface area contributed by atoms with E-state index in [9.17, 15) is 9.59 Å². The fourth-order valence-corrected chi connectivity index (χ4v) is 3.23. The van der Waals surface area contributed by atoms with Crippen molar-refractivity contribution in [3.05, 3.63) is 76.0 Å². The Kier molecular flexibility index (Phi) is 5.93. The van der Waals surface area contributed by atoms with E-state index in [0.717, 1.165) is 5.56 Å². The van der Waals surface area contributed by atoms with E-state index in [0.29, 0.717) is 23.0 Å². The fraction of sp³-hybridized carbons (Fsp3) is 0.200. The number of aromatic nitrogens is 2. The van der Waals surface area contributed by atoms with Gasteiger partial charge in [-0.1, -0.05) is 38.1 Å². The molecule has 0 spiro atoms. The lowest BCUT2D eigenvalue weighted by atomic mass is 10.0. The van der Waals surface area contributed by atoms with Crippen molar-refractivity contribution in [1.29, 1.82) is 0 Å². The quantitative estimate of drug-likeness (QED) is 0.680. The number of nitrogens with zero attached hydrogens (tertiary/aromatic N) is 2. The molecule has 0 saturated heterocycles. The van der Waals surface area contributed by atoms with Crippen LogP contribution in [0.25, 0.3) is 0 Å². The Balaban J connectivity index is 1.62. The second kappa shape index (κ2) is 8.55. The number of hydrogen-bond acceptors (Lipinski definition) is 5. The molecule has 3 aromatic rings. The Hall–Kier alpha value is -3.06. The Bertz CT molecular complexity index is 921. The minimum absolute atomic E-state index is 0.195. The molecule has 138 valence electrons. The van der Waals surface area contributed by atoms with Gasteiger partial charge in [0.05, 0.1) is 11.9 Å². The van der Waals surface area contributed by atoms with E-state index in [1.165, 1.54) is 35.5 Å². The summed E-state index contributed by atoms with van der Waals surface area (Å²) in [6.07, 6.45) is 4.32. The molecule has 0 aliphatic carbocycles. The molecule has 1 aromatic carbocycles. The number of thiophene rings is 1. The molecule has 3 rings (SSSR count). The van der Waals surface area contributed by atoms with Crippen LogP contribution in [0.3, 0.4) is 0 Å². The maximum absolute atomic E-state index is 12.5. The Morgan fingerprint density at radius 2 is 1.85 bits per heavy atom. The van der Waals surface area contributed by atoms with Crippen molar-refractivity contribution in [2.45, 2.75) is 26.3 Å². The van der Waals surface area contributed by atoms with Gasteiger partial charge in [0.1, 0.15) is 10.6 Å². The van der Waals surface area contributed by atoms with Crippen LogP contribution in [-0.2, 0) is 6.54 Å². The summed E-state index contributed by atoms with van der Waals surface area (Å²) < 4.78 is 0. The predicted octanol–water partition coefficient (Wildman–Crippen LogP) is 3.84. The highest BCUT2D eigenvalue weighted by Gasteiger charge is 2.16. The molecule has 2 amide bonds. The van der Waals surface area contributed by atoms with Crippen LogP contribution >= 0.6 is 11.3 Å². The third-order valence-electron chi connectivity index (χ3n) is 4.01. The topological polar surface area (TPSA) is 84.0 Å². The fourth-order valence-electron chi connectivity index (χ4n) is 2.47. The summed E-state index contributed by atoms with van der Waals surface area (Å²) in [4.78, 5) is 33.0. The summed E-state index contributed by atoms with van der Waals surface area (Å²) in [5.41, 5.74) is 2.94. The second-order valence-electron chi connectivity index (χ2n) is 6.29. The molecule has 27 heavy (non-hydrogen) atoms. The lowest BCUT2D eigenvalue weighted by Gasteiger charge is -2.09. The number of amides is 2. The van der Waals surface area contributed by atoms with Crippen molar-refractivity contribution in [2.75, 3.05) is 5.32 Å². The van der Waals surface area contributed by atoms with Crippen molar-refractivity contribution in [3.63, 3.8) is 0 Å². The summed E-state index contributed by atoms with van der Waals surface area (Å²) in [5, 5.41) is 7.37. The van der Waals surface area contributed by atoms with E-state index in [1.807, 2.05) is 12.1 Å². The molecule has 2 aromatic heterocycles. The average Bonchev–Trinajstić information content (AvgIpc) is 3.15. The summed E-state index contributed by atoms with van der Waals surface area (Å²) in [5.74, 6) is -0.160. The molecule has 0 saturated carbocycles. The molecular formula is C20H20N4O2S. The normalized spacial score (nSPS) is 10.6. The van der Waals surface area contributed by atoms with Gasteiger partial charge in [0.2, 0.25) is 0 Å². The van der Waals surface area contributed by atoms with Crippen molar-refractivity contribution in [1.82, 2.24) is 15.3 Å². The standard InChI is InChI=1S/C20H20N4O2S/c1-13(2)15-5-3-14(4-6-15)11-23-20(26)18-16(7-10-27-18)24-19(25)17-12-21-8-9-22-17/h3-10,12-13H,11H2,1-2H3,(H,23,26)(H,24,25). The van der Waals surface area contributed by atoms with Crippen molar-refractivity contribution < 1.29 is 9.59 Å². The van der Waals surface area contributed by atoms with Crippen molar-refractivity contribution in [2.24, 2.45) is 0 Å². The van der Waals surface area contributed by atoms with Gasteiger partial charge in [-0.05, 0) is 28.5 Å². The van der Waals surface area contributed by atoms with Gasteiger partial charge in [-0.3, -0.25) is 14.6 Å². The molecule has 2 heterocycles. The van der Waals surface area contributed by atoms with Crippen LogP contribution in [-0.4, -0.2) is 21.8 Å². The molecule has 0 unspecified atom stereocenters. The van der Waals surface area contributed by atoms with E-state index in [-0.39, 0.29) is 11.6 Å². The molecule has 7 heteroatoms. The number of nitrogens with one attached hydrogen (secondary N) is 2.